The van der Waals surface area contributed by atoms with E-state index in [0.717, 1.165) is 22.0 Å². The van der Waals surface area contributed by atoms with Crippen molar-refractivity contribution in [2.45, 2.75) is 13.8 Å². The molecule has 0 radical (unpaired) electrons. The normalized spacial score (nSPS) is 11.6. The molecule has 4 aromatic rings. The Labute approximate surface area is 180 Å². The summed E-state index contributed by atoms with van der Waals surface area (Å²) in [7, 11) is -2.45. The van der Waals surface area contributed by atoms with Gasteiger partial charge in [0.05, 0.1) is 5.52 Å². The number of nitrogens with one attached hydrogen (secondary N) is 1. The van der Waals surface area contributed by atoms with Crippen LogP contribution in [0.25, 0.3) is 16.7 Å². The lowest BCUT2D eigenvalue weighted by atomic mass is 10.2. The van der Waals surface area contributed by atoms with E-state index in [1.54, 1.807) is 12.3 Å². The predicted molar refractivity (Wildman–Crippen MR) is 125 cm³/mol. The van der Waals surface area contributed by atoms with Crippen LogP contribution < -0.4 is 11.1 Å². The van der Waals surface area contributed by atoms with Crippen LogP contribution in [0.15, 0.2) is 53.2 Å². The molecule has 160 valence electrons. The van der Waals surface area contributed by atoms with Crippen LogP contribution in [0.3, 0.4) is 0 Å². The number of halogens is 1. The van der Waals surface area contributed by atoms with Gasteiger partial charge in [-0.2, -0.15) is 9.35 Å². The Kier molecular flexibility index (Phi) is 5.14. The molecule has 0 aliphatic heterocycles. The fraction of sp³-hybridized carbons (Fsp3) is 0.182. The van der Waals surface area contributed by atoms with Crippen LogP contribution in [0.1, 0.15) is 11.1 Å². The summed E-state index contributed by atoms with van der Waals surface area (Å²) in [6, 6.07) is 10.2. The summed E-state index contributed by atoms with van der Waals surface area (Å²) in [6.45, 7) is 3.95. The van der Waals surface area contributed by atoms with Crippen LogP contribution in [-0.2, 0) is 9.73 Å². The van der Waals surface area contributed by atoms with E-state index in [-0.39, 0.29) is 5.69 Å². The van der Waals surface area contributed by atoms with Crippen molar-refractivity contribution in [3.8, 4) is 5.82 Å². The number of nitrogens with zero attached hydrogens (tertiary/aromatic N) is 4. The molecule has 0 fully saturated rings. The molecule has 7 nitrogen and oxygen atoms in total. The van der Waals surface area contributed by atoms with Gasteiger partial charge in [0.1, 0.15) is 11.5 Å². The van der Waals surface area contributed by atoms with E-state index in [1.807, 2.05) is 42.8 Å². The summed E-state index contributed by atoms with van der Waals surface area (Å²) in [6.07, 6.45) is 6.64. The Morgan fingerprint density at radius 1 is 1.13 bits per heavy atom. The molecule has 2 heterocycles. The lowest BCUT2D eigenvalue weighted by Crippen LogP contribution is -2.05. The van der Waals surface area contributed by atoms with Crippen LogP contribution in [0.5, 0.6) is 0 Å². The second-order valence-electron chi connectivity index (χ2n) is 7.72. The minimum Gasteiger partial charge on any atom is -0.399 e. The fourth-order valence-electron chi connectivity index (χ4n) is 3.35. The Balaban J connectivity index is 1.71. The van der Waals surface area contributed by atoms with Crippen molar-refractivity contribution in [2.75, 3.05) is 23.6 Å². The lowest BCUT2D eigenvalue weighted by molar-refractivity contribution is 0.630. The maximum atomic E-state index is 14.4. The standard InChI is InChI=1S/C22H23FN6OS/c1-13-11-25-22(26-16-6-7-19(18(23)10-16)28-31(3,4)30)27-21(13)29-12-14(2)17-9-15(24)5-8-20(17)29/h5-12H,24H2,1-4H3,(H,25,26,27). The fourth-order valence-corrected chi connectivity index (χ4v) is 3.97. The Morgan fingerprint density at radius 2 is 1.90 bits per heavy atom. The van der Waals surface area contributed by atoms with E-state index < -0.39 is 15.5 Å². The summed E-state index contributed by atoms with van der Waals surface area (Å²) >= 11 is 0. The molecule has 2 aromatic heterocycles. The molecule has 0 aliphatic rings. The van der Waals surface area contributed by atoms with Crippen molar-refractivity contribution >= 4 is 43.6 Å². The van der Waals surface area contributed by atoms with Gasteiger partial charge in [-0.25, -0.2) is 13.6 Å². The highest BCUT2D eigenvalue weighted by atomic mass is 32.2. The number of hydrogen-bond donors (Lipinski definition) is 2. The second-order valence-corrected chi connectivity index (χ2v) is 10.3. The summed E-state index contributed by atoms with van der Waals surface area (Å²) < 4.78 is 32.1. The number of rotatable bonds is 4. The van der Waals surface area contributed by atoms with Crippen molar-refractivity contribution in [3.63, 3.8) is 0 Å². The molecule has 31 heavy (non-hydrogen) atoms. The van der Waals surface area contributed by atoms with Gasteiger partial charge in [0.15, 0.2) is 5.82 Å². The molecule has 2 aromatic carbocycles. The van der Waals surface area contributed by atoms with Crippen molar-refractivity contribution in [1.29, 1.82) is 0 Å². The van der Waals surface area contributed by atoms with Gasteiger partial charge >= 0.3 is 0 Å². The average molecular weight is 439 g/mol. The van der Waals surface area contributed by atoms with Gasteiger partial charge in [-0.05, 0) is 55.8 Å². The highest BCUT2D eigenvalue weighted by Gasteiger charge is 2.13. The zero-order chi connectivity index (χ0) is 22.3. The molecule has 0 unspecified atom stereocenters. The monoisotopic (exact) mass is 438 g/mol. The average Bonchev–Trinajstić information content (AvgIpc) is 3.00. The summed E-state index contributed by atoms with van der Waals surface area (Å²) in [4.78, 5) is 8.98. The number of anilines is 3. The summed E-state index contributed by atoms with van der Waals surface area (Å²) in [5.41, 5.74) is 10.1. The minimum absolute atomic E-state index is 0.0552. The van der Waals surface area contributed by atoms with Crippen LogP contribution in [-0.4, -0.2) is 31.3 Å². The molecule has 0 bridgehead atoms. The summed E-state index contributed by atoms with van der Waals surface area (Å²) in [5, 5.41) is 4.08. The molecule has 9 heteroatoms. The zero-order valence-corrected chi connectivity index (χ0v) is 18.5. The van der Waals surface area contributed by atoms with E-state index in [9.17, 15) is 8.60 Å². The van der Waals surface area contributed by atoms with Crippen molar-refractivity contribution < 1.29 is 8.60 Å². The minimum atomic E-state index is -2.45. The first kappa shape index (κ1) is 20.8. The molecule has 0 atom stereocenters. The number of aryl methyl sites for hydroxylation is 2. The first-order chi connectivity index (χ1) is 14.6. The van der Waals surface area contributed by atoms with Gasteiger partial charge in [0.25, 0.3) is 0 Å². The molecule has 0 amide bonds. The molecular formula is C22H23FN6OS. The van der Waals surface area contributed by atoms with Gasteiger partial charge < -0.3 is 15.6 Å². The predicted octanol–water partition coefficient (Wildman–Crippen LogP) is 4.86. The largest absolute Gasteiger partial charge is 0.399 e. The van der Waals surface area contributed by atoms with Crippen LogP contribution in [0.4, 0.5) is 27.4 Å². The third-order valence-electron chi connectivity index (χ3n) is 4.72. The summed E-state index contributed by atoms with van der Waals surface area (Å²) in [5.74, 6) is 0.469. The smallest absolute Gasteiger partial charge is 0.229 e. The number of benzene rings is 2. The van der Waals surface area contributed by atoms with Crippen LogP contribution in [0.2, 0.25) is 0 Å². The van der Waals surface area contributed by atoms with Gasteiger partial charge in [-0.3, -0.25) is 0 Å². The quantitative estimate of drug-likeness (QED) is 0.443. The molecule has 4 rings (SSSR count). The number of nitrogens with two attached hydrogens (primary N) is 1. The molecule has 0 spiro atoms. The van der Waals surface area contributed by atoms with E-state index in [0.29, 0.717) is 23.1 Å². The Morgan fingerprint density at radius 3 is 2.61 bits per heavy atom. The Bertz CT molecular complexity index is 1430. The highest BCUT2D eigenvalue weighted by molar-refractivity contribution is 7.92. The first-order valence-corrected chi connectivity index (χ1v) is 11.9. The number of aromatic nitrogens is 3. The van der Waals surface area contributed by atoms with Gasteiger partial charge in [-0.15, -0.1) is 0 Å². The number of nitrogen functional groups attached to an aromatic ring is 1. The number of fused-ring (bicyclic) bond motifs is 1. The highest BCUT2D eigenvalue weighted by Crippen LogP contribution is 2.28. The van der Waals surface area contributed by atoms with Crippen molar-refractivity contribution in [3.05, 3.63) is 65.7 Å². The first-order valence-electron chi connectivity index (χ1n) is 9.55. The van der Waals surface area contributed by atoms with Crippen molar-refractivity contribution in [1.82, 2.24) is 14.5 Å². The maximum absolute atomic E-state index is 14.4. The van der Waals surface area contributed by atoms with E-state index in [4.69, 9.17) is 5.73 Å². The van der Waals surface area contributed by atoms with Gasteiger partial charge in [-0.1, -0.05) is 0 Å². The molecule has 0 aliphatic carbocycles. The van der Waals surface area contributed by atoms with E-state index in [1.165, 1.54) is 24.6 Å². The molecule has 0 saturated heterocycles. The number of hydrogen-bond acceptors (Lipinski definition) is 6. The second kappa shape index (κ2) is 7.66. The molecule has 3 N–H and O–H groups in total. The maximum Gasteiger partial charge on any atom is 0.229 e. The third kappa shape index (κ3) is 4.36. The van der Waals surface area contributed by atoms with Crippen LogP contribution in [0, 0.1) is 19.7 Å². The molecule has 0 saturated carbocycles. The van der Waals surface area contributed by atoms with Gasteiger partial charge in [0.2, 0.25) is 5.95 Å². The SMILES string of the molecule is Cc1cnc(Nc2ccc(N=S(C)(C)=O)c(F)c2)nc1-n1cc(C)c2cc(N)ccc21. The van der Waals surface area contributed by atoms with Crippen molar-refractivity contribution in [2.24, 2.45) is 4.36 Å². The lowest BCUT2D eigenvalue weighted by Gasteiger charge is -2.11. The molecular weight excluding hydrogens is 415 g/mol. The van der Waals surface area contributed by atoms with Gasteiger partial charge in [0, 0.05) is 57.0 Å². The topological polar surface area (TPSA) is 98.2 Å². The van der Waals surface area contributed by atoms with Crippen LogP contribution >= 0.6 is 0 Å². The Hall–Kier alpha value is -3.46. The van der Waals surface area contributed by atoms with E-state index in [2.05, 4.69) is 19.6 Å². The zero-order valence-electron chi connectivity index (χ0n) is 17.7. The van der Waals surface area contributed by atoms with E-state index >= 15 is 0 Å². The third-order valence-corrected chi connectivity index (χ3v) is 5.36.